The number of hydrogen-bond acceptors (Lipinski definition) is 12. The first-order valence-corrected chi connectivity index (χ1v) is 11.5. The molecule has 0 bridgehead atoms. The van der Waals surface area contributed by atoms with Crippen LogP contribution in [0.1, 0.15) is 13.3 Å². The van der Waals surface area contributed by atoms with Crippen LogP contribution < -0.4 is 4.90 Å². The Balaban J connectivity index is 1.59. The number of aromatic nitrogens is 1. The first-order chi connectivity index (χ1) is 16.8. The van der Waals surface area contributed by atoms with Crippen LogP contribution in [0, 0.1) is 10.1 Å². The van der Waals surface area contributed by atoms with Crippen LogP contribution in [0.4, 0.5) is 22.1 Å². The topological polar surface area (TPSA) is 171 Å². The number of hydrogen-bond donors (Lipinski definition) is 3. The molecule has 13 heteroatoms. The van der Waals surface area contributed by atoms with E-state index in [-0.39, 0.29) is 12.1 Å². The van der Waals surface area contributed by atoms with Gasteiger partial charge in [0.2, 0.25) is 0 Å². The van der Waals surface area contributed by atoms with Gasteiger partial charge in [-0.15, -0.1) is 10.2 Å². The quantitative estimate of drug-likeness (QED) is 0.145. The smallest absolute Gasteiger partial charge is 0.307 e. The second-order valence-electron chi connectivity index (χ2n) is 7.49. The molecular weight excluding hydrogens is 478 g/mol. The van der Waals surface area contributed by atoms with E-state index in [1.165, 1.54) is 12.1 Å². The number of nitro benzene ring substituents is 1. The number of anilines is 1. The molecule has 0 aliphatic heterocycles. The fourth-order valence-electron chi connectivity index (χ4n) is 3.11. The predicted octanol–water partition coefficient (Wildman–Crippen LogP) is 3.09. The molecule has 0 aliphatic carbocycles. The second-order valence-corrected chi connectivity index (χ2v) is 8.24. The maximum Gasteiger partial charge on any atom is 0.307 e. The van der Waals surface area contributed by atoms with Crippen LogP contribution >= 0.6 is 11.5 Å². The van der Waals surface area contributed by atoms with E-state index in [1.807, 2.05) is 24.0 Å². The third-order valence-corrected chi connectivity index (χ3v) is 5.90. The molecule has 0 saturated heterocycles. The normalized spacial score (nSPS) is 13.1. The van der Waals surface area contributed by atoms with Crippen molar-refractivity contribution >= 4 is 50.5 Å². The van der Waals surface area contributed by atoms with Gasteiger partial charge < -0.3 is 25.0 Å². The summed E-state index contributed by atoms with van der Waals surface area (Å²) in [5.74, 6) is -0.532. The lowest BCUT2D eigenvalue weighted by Crippen LogP contribution is -2.34. The number of benzene rings is 2. The Labute approximate surface area is 204 Å². The van der Waals surface area contributed by atoms with E-state index in [1.54, 1.807) is 18.2 Å². The molecule has 35 heavy (non-hydrogen) atoms. The van der Waals surface area contributed by atoms with E-state index in [9.17, 15) is 25.1 Å². The van der Waals surface area contributed by atoms with Crippen LogP contribution in [0.15, 0.2) is 52.7 Å². The molecule has 3 aromatic rings. The first kappa shape index (κ1) is 26.1. The summed E-state index contributed by atoms with van der Waals surface area (Å²) in [6.07, 6.45) is -2.63. The van der Waals surface area contributed by atoms with Gasteiger partial charge in [0.05, 0.1) is 29.2 Å². The highest BCUT2D eigenvalue weighted by Crippen LogP contribution is 2.34. The monoisotopic (exact) mass is 503 g/mol. The highest BCUT2D eigenvalue weighted by atomic mass is 32.1. The van der Waals surface area contributed by atoms with Crippen molar-refractivity contribution in [2.24, 2.45) is 10.2 Å². The summed E-state index contributed by atoms with van der Waals surface area (Å²) < 4.78 is 9.17. The van der Waals surface area contributed by atoms with Crippen LogP contribution in [-0.4, -0.2) is 69.1 Å². The van der Waals surface area contributed by atoms with E-state index in [0.29, 0.717) is 34.7 Å². The van der Waals surface area contributed by atoms with Gasteiger partial charge >= 0.3 is 5.97 Å². The zero-order valence-electron chi connectivity index (χ0n) is 18.9. The van der Waals surface area contributed by atoms with E-state index >= 15 is 0 Å². The zero-order valence-corrected chi connectivity index (χ0v) is 19.7. The third kappa shape index (κ3) is 6.99. The van der Waals surface area contributed by atoms with Crippen molar-refractivity contribution in [2.45, 2.75) is 25.6 Å². The van der Waals surface area contributed by atoms with Crippen LogP contribution in [0.5, 0.6) is 0 Å². The Bertz CT molecular complexity index is 1180. The summed E-state index contributed by atoms with van der Waals surface area (Å²) >= 11 is 1.10. The van der Waals surface area contributed by atoms with Crippen LogP contribution in [0.25, 0.3) is 10.9 Å². The number of nitro groups is 1. The molecule has 3 rings (SSSR count). The molecule has 2 unspecified atom stereocenters. The number of azo groups is 1. The lowest BCUT2D eigenvalue weighted by atomic mass is 10.2. The Morgan fingerprint density at radius 2 is 1.94 bits per heavy atom. The van der Waals surface area contributed by atoms with Gasteiger partial charge in [-0.05, 0) is 48.8 Å². The number of aliphatic hydroxyl groups is 3. The fraction of sp³-hybridized carbons (Fsp3) is 0.364. The predicted molar refractivity (Wildman–Crippen MR) is 129 cm³/mol. The second kappa shape index (κ2) is 12.3. The Hall–Kier alpha value is -3.52. The number of esters is 1. The minimum atomic E-state index is -1.36. The molecule has 0 saturated carbocycles. The van der Waals surface area contributed by atoms with E-state index in [0.717, 1.165) is 17.2 Å². The van der Waals surface area contributed by atoms with Crippen molar-refractivity contribution in [1.82, 2.24) is 4.37 Å². The van der Waals surface area contributed by atoms with Gasteiger partial charge in [-0.2, -0.15) is 4.37 Å². The number of carbonyl (C=O) groups is 1. The average molecular weight is 504 g/mol. The van der Waals surface area contributed by atoms with Gasteiger partial charge in [-0.1, -0.05) is 0 Å². The molecule has 0 fully saturated rings. The summed E-state index contributed by atoms with van der Waals surface area (Å²) in [7, 11) is 0. The van der Waals surface area contributed by atoms with E-state index in [4.69, 9.17) is 9.84 Å². The number of non-ortho nitro benzene ring substituents is 1. The van der Waals surface area contributed by atoms with E-state index in [2.05, 4.69) is 14.6 Å². The minimum Gasteiger partial charge on any atom is -0.463 e. The lowest BCUT2D eigenvalue weighted by molar-refractivity contribution is -0.384. The number of carbonyl (C=O) groups excluding carboxylic acids is 1. The maximum atomic E-state index is 11.9. The lowest BCUT2D eigenvalue weighted by Gasteiger charge is -2.23. The largest absolute Gasteiger partial charge is 0.463 e. The summed E-state index contributed by atoms with van der Waals surface area (Å²) in [4.78, 5) is 24.4. The van der Waals surface area contributed by atoms with Crippen molar-refractivity contribution in [3.8, 4) is 0 Å². The Morgan fingerprint density at radius 1 is 1.20 bits per heavy atom. The zero-order chi connectivity index (χ0) is 25.4. The first-order valence-electron chi connectivity index (χ1n) is 10.8. The van der Waals surface area contributed by atoms with Crippen molar-refractivity contribution in [1.29, 1.82) is 0 Å². The van der Waals surface area contributed by atoms with Crippen molar-refractivity contribution in [2.75, 3.05) is 31.2 Å². The van der Waals surface area contributed by atoms with Crippen LogP contribution in [0.2, 0.25) is 0 Å². The van der Waals surface area contributed by atoms with Gasteiger partial charge in [0.25, 0.3) is 5.69 Å². The molecule has 1 aromatic heterocycles. The molecule has 0 aliphatic rings. The molecular formula is C22H25N5O7S. The molecule has 2 aromatic carbocycles. The number of rotatable bonds is 12. The molecule has 186 valence electrons. The number of nitrogens with zero attached hydrogens (tertiary/aromatic N) is 5. The minimum absolute atomic E-state index is 0.0408. The van der Waals surface area contributed by atoms with Gasteiger partial charge in [0, 0.05) is 36.3 Å². The van der Waals surface area contributed by atoms with Crippen molar-refractivity contribution < 1.29 is 29.8 Å². The molecule has 0 spiro atoms. The molecule has 3 N–H and O–H groups in total. The molecule has 0 amide bonds. The van der Waals surface area contributed by atoms with Crippen molar-refractivity contribution in [3.05, 3.63) is 52.6 Å². The van der Waals surface area contributed by atoms with Crippen LogP contribution in [0.3, 0.4) is 0 Å². The Kier molecular flexibility index (Phi) is 9.14. The SMILES string of the molecule is CCN(CCC(=O)OCC(O)C(O)CO)c1ccc(N=Nc2snc3ccc([N+](=O)[O-])cc23)cc1. The number of aliphatic hydroxyl groups excluding tert-OH is 3. The number of fused-ring (bicyclic) bond motifs is 1. The molecule has 2 atom stereocenters. The maximum absolute atomic E-state index is 11.9. The van der Waals surface area contributed by atoms with Crippen molar-refractivity contribution in [3.63, 3.8) is 0 Å². The highest BCUT2D eigenvalue weighted by molar-refractivity contribution is 7.11. The summed E-state index contributed by atoms with van der Waals surface area (Å²) in [6, 6.07) is 11.6. The summed E-state index contributed by atoms with van der Waals surface area (Å²) in [5.41, 5.74) is 2.00. The van der Waals surface area contributed by atoms with E-state index < -0.39 is 36.3 Å². The van der Waals surface area contributed by atoms with Gasteiger partial charge in [-0.3, -0.25) is 14.9 Å². The molecule has 0 radical (unpaired) electrons. The molecule has 12 nitrogen and oxygen atoms in total. The van der Waals surface area contributed by atoms with Gasteiger partial charge in [-0.25, -0.2) is 0 Å². The summed E-state index contributed by atoms with van der Waals surface area (Å²) in [5, 5.41) is 48.1. The fourth-order valence-corrected chi connectivity index (χ4v) is 3.80. The Morgan fingerprint density at radius 3 is 2.60 bits per heavy atom. The van der Waals surface area contributed by atoms with Crippen LogP contribution in [-0.2, 0) is 9.53 Å². The number of ether oxygens (including phenoxy) is 1. The summed E-state index contributed by atoms with van der Waals surface area (Å²) in [6.45, 7) is 1.93. The molecule has 1 heterocycles. The van der Waals surface area contributed by atoms with Gasteiger partial charge in [0.1, 0.15) is 18.8 Å². The van der Waals surface area contributed by atoms with Gasteiger partial charge in [0.15, 0.2) is 5.00 Å². The highest BCUT2D eigenvalue weighted by Gasteiger charge is 2.18. The standard InChI is InChI=1S/C22H25N5O7S/c1-2-26(10-9-21(31)34-13-20(30)19(29)12-28)15-5-3-14(4-6-15)23-24-22-17-11-16(27(32)33)7-8-18(17)25-35-22/h3-8,11,19-20,28-30H,2,9-10,12-13H2,1H3. The average Bonchev–Trinajstić information content (AvgIpc) is 3.28. The third-order valence-electron chi connectivity index (χ3n) is 5.14.